The van der Waals surface area contributed by atoms with Crippen molar-refractivity contribution in [1.82, 2.24) is 0 Å². The first kappa shape index (κ1) is 18.0. The number of aryl methyl sites for hydroxylation is 2. The standard InChI is InChI=1S/C21H20O4S/c1-15-4-9-19(10-5-15)26(22,23)20-11-6-17(7-12-20)25-21-13-8-18(24-3)14-16(21)2/h4-14H,1-3H3. The van der Waals surface area contributed by atoms with E-state index in [2.05, 4.69) is 0 Å². The lowest BCUT2D eigenvalue weighted by Gasteiger charge is -2.11. The molecule has 26 heavy (non-hydrogen) atoms. The minimum absolute atomic E-state index is 0.236. The third-order valence-electron chi connectivity index (χ3n) is 4.08. The van der Waals surface area contributed by atoms with Crippen LogP contribution in [-0.2, 0) is 9.84 Å². The average Bonchev–Trinajstić information content (AvgIpc) is 2.64. The first-order valence-corrected chi connectivity index (χ1v) is 9.63. The molecular weight excluding hydrogens is 348 g/mol. The number of rotatable bonds is 5. The molecule has 0 saturated heterocycles. The summed E-state index contributed by atoms with van der Waals surface area (Å²) in [6.07, 6.45) is 0. The maximum atomic E-state index is 12.7. The van der Waals surface area contributed by atoms with E-state index in [0.717, 1.165) is 16.9 Å². The number of methoxy groups -OCH3 is 1. The highest BCUT2D eigenvalue weighted by Gasteiger charge is 2.17. The monoisotopic (exact) mass is 368 g/mol. The summed E-state index contributed by atoms with van der Waals surface area (Å²) < 4.78 is 36.4. The van der Waals surface area contributed by atoms with Gasteiger partial charge >= 0.3 is 0 Å². The van der Waals surface area contributed by atoms with Crippen LogP contribution in [0.15, 0.2) is 76.5 Å². The maximum Gasteiger partial charge on any atom is 0.206 e. The van der Waals surface area contributed by atoms with E-state index >= 15 is 0 Å². The molecule has 0 aliphatic carbocycles. The number of hydrogen-bond donors (Lipinski definition) is 0. The normalized spacial score (nSPS) is 11.2. The lowest BCUT2D eigenvalue weighted by molar-refractivity contribution is 0.412. The Bertz CT molecular complexity index is 1000. The highest BCUT2D eigenvalue weighted by Crippen LogP contribution is 2.29. The fraction of sp³-hybridized carbons (Fsp3) is 0.143. The van der Waals surface area contributed by atoms with Gasteiger partial charge in [-0.05, 0) is 74.0 Å². The van der Waals surface area contributed by atoms with Crippen molar-refractivity contribution in [3.63, 3.8) is 0 Å². The number of hydrogen-bond acceptors (Lipinski definition) is 4. The third-order valence-corrected chi connectivity index (χ3v) is 5.86. The largest absolute Gasteiger partial charge is 0.497 e. The van der Waals surface area contributed by atoms with E-state index in [9.17, 15) is 8.42 Å². The number of ether oxygens (including phenoxy) is 2. The van der Waals surface area contributed by atoms with Gasteiger partial charge in [0.15, 0.2) is 0 Å². The number of sulfone groups is 1. The molecule has 0 fully saturated rings. The zero-order chi connectivity index (χ0) is 18.7. The second kappa shape index (κ2) is 7.22. The zero-order valence-corrected chi connectivity index (χ0v) is 15.7. The van der Waals surface area contributed by atoms with Gasteiger partial charge in [0.05, 0.1) is 16.9 Å². The molecule has 3 aromatic rings. The van der Waals surface area contributed by atoms with Gasteiger partial charge in [0.25, 0.3) is 0 Å². The molecule has 0 atom stereocenters. The zero-order valence-electron chi connectivity index (χ0n) is 14.9. The minimum atomic E-state index is -3.53. The van der Waals surface area contributed by atoms with Crippen LogP contribution < -0.4 is 9.47 Å². The quantitative estimate of drug-likeness (QED) is 0.640. The molecular formula is C21H20O4S. The Morgan fingerprint density at radius 2 is 1.27 bits per heavy atom. The van der Waals surface area contributed by atoms with Crippen molar-refractivity contribution in [3.05, 3.63) is 77.9 Å². The van der Waals surface area contributed by atoms with Crippen LogP contribution in [0.4, 0.5) is 0 Å². The van der Waals surface area contributed by atoms with Crippen molar-refractivity contribution < 1.29 is 17.9 Å². The van der Waals surface area contributed by atoms with Crippen molar-refractivity contribution in [2.75, 3.05) is 7.11 Å². The molecule has 0 amide bonds. The summed E-state index contributed by atoms with van der Waals surface area (Å²) in [7, 11) is -1.92. The third kappa shape index (κ3) is 3.73. The van der Waals surface area contributed by atoms with Crippen molar-refractivity contribution in [2.24, 2.45) is 0 Å². The second-order valence-electron chi connectivity index (χ2n) is 6.02. The van der Waals surface area contributed by atoms with Gasteiger partial charge in [0.1, 0.15) is 17.2 Å². The van der Waals surface area contributed by atoms with E-state index in [-0.39, 0.29) is 9.79 Å². The van der Waals surface area contributed by atoms with Gasteiger partial charge < -0.3 is 9.47 Å². The predicted octanol–water partition coefficient (Wildman–Crippen LogP) is 4.94. The summed E-state index contributed by atoms with van der Waals surface area (Å²) in [6.45, 7) is 3.85. The fourth-order valence-electron chi connectivity index (χ4n) is 2.53. The molecule has 134 valence electrons. The minimum Gasteiger partial charge on any atom is -0.497 e. The Morgan fingerprint density at radius 1 is 0.731 bits per heavy atom. The highest BCUT2D eigenvalue weighted by molar-refractivity contribution is 7.91. The van der Waals surface area contributed by atoms with Crippen molar-refractivity contribution >= 4 is 9.84 Å². The molecule has 0 N–H and O–H groups in total. The molecule has 3 rings (SSSR count). The molecule has 0 heterocycles. The molecule has 0 aromatic heterocycles. The van der Waals surface area contributed by atoms with Crippen LogP contribution in [0.2, 0.25) is 0 Å². The van der Waals surface area contributed by atoms with Crippen LogP contribution in [0.3, 0.4) is 0 Å². The summed E-state index contributed by atoms with van der Waals surface area (Å²) in [5, 5.41) is 0. The summed E-state index contributed by atoms with van der Waals surface area (Å²) in [6, 6.07) is 18.8. The highest BCUT2D eigenvalue weighted by atomic mass is 32.2. The second-order valence-corrected chi connectivity index (χ2v) is 7.97. The van der Waals surface area contributed by atoms with Gasteiger partial charge in [-0.2, -0.15) is 0 Å². The van der Waals surface area contributed by atoms with Gasteiger partial charge in [0.2, 0.25) is 9.84 Å². The average molecular weight is 368 g/mol. The van der Waals surface area contributed by atoms with E-state index in [0.29, 0.717) is 11.5 Å². The van der Waals surface area contributed by atoms with Crippen LogP contribution in [0.25, 0.3) is 0 Å². The Kier molecular flexibility index (Phi) is 5.00. The Morgan fingerprint density at radius 3 is 1.81 bits per heavy atom. The molecule has 0 spiro atoms. The lowest BCUT2D eigenvalue weighted by Crippen LogP contribution is -2.01. The van der Waals surface area contributed by atoms with Crippen LogP contribution in [0, 0.1) is 13.8 Å². The Balaban J connectivity index is 1.83. The molecule has 3 aromatic carbocycles. The smallest absolute Gasteiger partial charge is 0.206 e. The molecule has 0 saturated carbocycles. The van der Waals surface area contributed by atoms with Gasteiger partial charge in [-0.15, -0.1) is 0 Å². The summed E-state index contributed by atoms with van der Waals surface area (Å²) in [4.78, 5) is 0.517. The first-order chi connectivity index (χ1) is 12.4. The SMILES string of the molecule is COc1ccc(Oc2ccc(S(=O)(=O)c3ccc(C)cc3)cc2)c(C)c1. The van der Waals surface area contributed by atoms with Crippen molar-refractivity contribution in [3.8, 4) is 17.2 Å². The van der Waals surface area contributed by atoms with E-state index in [4.69, 9.17) is 9.47 Å². The van der Waals surface area contributed by atoms with Crippen LogP contribution in [0.1, 0.15) is 11.1 Å². The molecule has 4 nitrogen and oxygen atoms in total. The summed E-state index contributed by atoms with van der Waals surface area (Å²) in [5.74, 6) is 2.02. The Hall–Kier alpha value is -2.79. The topological polar surface area (TPSA) is 52.6 Å². The maximum absolute atomic E-state index is 12.7. The fourth-order valence-corrected chi connectivity index (χ4v) is 3.79. The summed E-state index contributed by atoms with van der Waals surface area (Å²) >= 11 is 0. The first-order valence-electron chi connectivity index (χ1n) is 8.14. The number of benzene rings is 3. The van der Waals surface area contributed by atoms with E-state index in [1.54, 1.807) is 55.6 Å². The van der Waals surface area contributed by atoms with Gasteiger partial charge in [-0.1, -0.05) is 17.7 Å². The predicted molar refractivity (Wildman–Crippen MR) is 101 cm³/mol. The molecule has 5 heteroatoms. The molecule has 0 radical (unpaired) electrons. The van der Waals surface area contributed by atoms with Gasteiger partial charge in [0, 0.05) is 0 Å². The van der Waals surface area contributed by atoms with E-state index in [1.807, 2.05) is 32.0 Å². The van der Waals surface area contributed by atoms with Gasteiger partial charge in [-0.25, -0.2) is 8.42 Å². The Labute approximate surface area is 153 Å². The summed E-state index contributed by atoms with van der Waals surface area (Å²) in [5.41, 5.74) is 1.95. The van der Waals surface area contributed by atoms with Gasteiger partial charge in [-0.3, -0.25) is 0 Å². The molecule has 0 bridgehead atoms. The van der Waals surface area contributed by atoms with Crippen LogP contribution >= 0.6 is 0 Å². The van der Waals surface area contributed by atoms with E-state index in [1.165, 1.54) is 0 Å². The van der Waals surface area contributed by atoms with Crippen LogP contribution in [-0.4, -0.2) is 15.5 Å². The van der Waals surface area contributed by atoms with E-state index < -0.39 is 9.84 Å². The lowest BCUT2D eigenvalue weighted by atomic mass is 10.2. The van der Waals surface area contributed by atoms with Crippen molar-refractivity contribution in [1.29, 1.82) is 0 Å². The van der Waals surface area contributed by atoms with Crippen LogP contribution in [0.5, 0.6) is 17.2 Å². The van der Waals surface area contributed by atoms with Crippen molar-refractivity contribution in [2.45, 2.75) is 23.6 Å². The molecule has 0 aliphatic rings. The molecule has 0 unspecified atom stereocenters. The molecule has 0 aliphatic heterocycles.